The van der Waals surface area contributed by atoms with Gasteiger partial charge in [-0.25, -0.2) is 15.0 Å². The molecule has 8 heteroatoms. The second-order valence-corrected chi connectivity index (χ2v) is 6.62. The Kier molecular flexibility index (Phi) is 4.66. The van der Waals surface area contributed by atoms with Crippen LogP contribution >= 0.6 is 35.1 Å². The van der Waals surface area contributed by atoms with E-state index in [1.807, 2.05) is 37.4 Å². The van der Waals surface area contributed by atoms with Crippen molar-refractivity contribution in [2.45, 2.75) is 22.3 Å². The number of aromatic nitrogens is 5. The zero-order chi connectivity index (χ0) is 15.5. The van der Waals surface area contributed by atoms with Crippen LogP contribution in [0.3, 0.4) is 0 Å². The summed E-state index contributed by atoms with van der Waals surface area (Å²) in [5.74, 6) is 0.660. The van der Waals surface area contributed by atoms with E-state index in [-0.39, 0.29) is 0 Å². The molecule has 0 fully saturated rings. The number of halogens is 1. The molecule has 0 spiro atoms. The Morgan fingerprint density at radius 3 is 2.59 bits per heavy atom. The number of aromatic amines is 1. The quantitative estimate of drug-likeness (QED) is 0.434. The Balaban J connectivity index is 1.82. The van der Waals surface area contributed by atoms with Crippen molar-refractivity contribution in [3.8, 4) is 11.4 Å². The third kappa shape index (κ3) is 3.60. The molecule has 0 aliphatic rings. The van der Waals surface area contributed by atoms with E-state index >= 15 is 0 Å². The van der Waals surface area contributed by atoms with E-state index in [1.54, 1.807) is 6.07 Å². The topological polar surface area (TPSA) is 67.3 Å². The summed E-state index contributed by atoms with van der Waals surface area (Å²) in [6.07, 6.45) is 1.91. The number of benzene rings is 1. The average molecular weight is 350 g/mol. The molecule has 1 aromatic carbocycles. The lowest BCUT2D eigenvalue weighted by atomic mass is 10.1. The zero-order valence-electron chi connectivity index (χ0n) is 11.9. The number of nitrogens with zero attached hydrogens (tertiary/aromatic N) is 4. The molecule has 0 saturated heterocycles. The van der Waals surface area contributed by atoms with Crippen LogP contribution in [0.1, 0.15) is 5.56 Å². The molecule has 0 radical (unpaired) electrons. The molecule has 112 valence electrons. The smallest absolute Gasteiger partial charge is 0.190 e. The molecular weight excluding hydrogens is 338 g/mol. The zero-order valence-corrected chi connectivity index (χ0v) is 14.3. The fourth-order valence-corrected chi connectivity index (χ4v) is 3.20. The number of nitrogens with one attached hydrogen (secondary N) is 1. The fourth-order valence-electron chi connectivity index (χ4n) is 1.74. The highest BCUT2D eigenvalue weighted by Crippen LogP contribution is 2.27. The van der Waals surface area contributed by atoms with Gasteiger partial charge in [0.25, 0.3) is 0 Å². The van der Waals surface area contributed by atoms with Crippen molar-refractivity contribution in [1.82, 2.24) is 25.1 Å². The first-order chi connectivity index (χ1) is 10.6. The molecule has 0 bridgehead atoms. The van der Waals surface area contributed by atoms with Crippen LogP contribution in [0.4, 0.5) is 0 Å². The minimum atomic E-state index is 0.417. The summed E-state index contributed by atoms with van der Waals surface area (Å²) in [5.41, 5.74) is 2.17. The van der Waals surface area contributed by atoms with Crippen LogP contribution < -0.4 is 0 Å². The molecule has 2 heterocycles. The molecule has 3 rings (SSSR count). The van der Waals surface area contributed by atoms with Crippen LogP contribution in [-0.2, 0) is 0 Å². The van der Waals surface area contributed by atoms with Crippen LogP contribution in [0, 0.1) is 6.92 Å². The van der Waals surface area contributed by atoms with Crippen LogP contribution in [0.15, 0.2) is 45.7 Å². The summed E-state index contributed by atoms with van der Waals surface area (Å²) in [4.78, 5) is 13.0. The maximum Gasteiger partial charge on any atom is 0.190 e. The van der Waals surface area contributed by atoms with Crippen molar-refractivity contribution in [2.24, 2.45) is 0 Å². The first-order valence-corrected chi connectivity index (χ1v) is 8.82. The van der Waals surface area contributed by atoms with Gasteiger partial charge in [-0.15, -0.1) is 0 Å². The van der Waals surface area contributed by atoms with Crippen LogP contribution in [0.5, 0.6) is 0 Å². The van der Waals surface area contributed by atoms with E-state index in [9.17, 15) is 0 Å². The average Bonchev–Trinajstić information content (AvgIpc) is 2.95. The van der Waals surface area contributed by atoms with Crippen molar-refractivity contribution in [3.05, 3.63) is 41.0 Å². The molecule has 0 atom stereocenters. The van der Waals surface area contributed by atoms with Gasteiger partial charge in [0.05, 0.1) is 0 Å². The number of H-pyrrole nitrogens is 1. The van der Waals surface area contributed by atoms with Gasteiger partial charge in [-0.3, -0.25) is 5.10 Å². The lowest BCUT2D eigenvalue weighted by molar-refractivity contribution is 0.887. The van der Waals surface area contributed by atoms with Crippen molar-refractivity contribution < 1.29 is 0 Å². The summed E-state index contributed by atoms with van der Waals surface area (Å²) in [5, 5.41) is 9.60. The molecular formula is C14H12ClN5S2. The van der Waals surface area contributed by atoms with Crippen molar-refractivity contribution in [3.63, 3.8) is 0 Å². The maximum atomic E-state index is 5.99. The molecule has 5 nitrogen and oxygen atoms in total. The maximum absolute atomic E-state index is 5.99. The minimum absolute atomic E-state index is 0.417. The van der Waals surface area contributed by atoms with E-state index in [2.05, 4.69) is 25.1 Å². The highest BCUT2D eigenvalue weighted by molar-refractivity contribution is 7.99. The van der Waals surface area contributed by atoms with Crippen LogP contribution in [0.25, 0.3) is 11.4 Å². The number of aryl methyl sites for hydroxylation is 1. The fraction of sp³-hybridized carbons (Fsp3) is 0.143. The predicted molar refractivity (Wildman–Crippen MR) is 89.5 cm³/mol. The van der Waals surface area contributed by atoms with Gasteiger partial charge < -0.3 is 0 Å². The van der Waals surface area contributed by atoms with Crippen molar-refractivity contribution in [2.75, 3.05) is 6.26 Å². The summed E-state index contributed by atoms with van der Waals surface area (Å²) >= 11 is 8.80. The second-order valence-electron chi connectivity index (χ2n) is 4.45. The Morgan fingerprint density at radius 2 is 1.86 bits per heavy atom. The SMILES string of the molecule is CSc1nc(Cl)cc(Sc2nc(-c3ccc(C)cc3)n[nH]2)n1. The molecule has 0 aliphatic carbocycles. The molecule has 2 aromatic heterocycles. The predicted octanol–water partition coefficient (Wildman–Crippen LogP) is 4.10. The molecule has 0 amide bonds. The van der Waals surface area contributed by atoms with Gasteiger partial charge in [0.15, 0.2) is 16.1 Å². The molecule has 0 aliphatic heterocycles. The summed E-state index contributed by atoms with van der Waals surface area (Å²) in [6.45, 7) is 2.05. The van der Waals surface area contributed by atoms with Crippen molar-refractivity contribution >= 4 is 35.1 Å². The van der Waals surface area contributed by atoms with Gasteiger partial charge in [0.1, 0.15) is 10.2 Å². The minimum Gasteiger partial charge on any atom is -0.253 e. The third-order valence-electron chi connectivity index (χ3n) is 2.81. The Hall–Kier alpha value is -1.57. The first kappa shape index (κ1) is 15.3. The standard InChI is InChI=1S/C14H12ClN5S2/c1-8-3-5-9(6-4-8)12-18-14(20-19-12)22-11-7-10(15)16-13(17-11)21-2/h3-7H,1-2H3,(H,18,19,20). The molecule has 0 unspecified atom stereocenters. The normalized spacial score (nSPS) is 10.9. The Morgan fingerprint density at radius 1 is 1.09 bits per heavy atom. The Labute approximate surface area is 141 Å². The van der Waals surface area contributed by atoms with Gasteiger partial charge in [-0.05, 0) is 24.9 Å². The lowest BCUT2D eigenvalue weighted by Gasteiger charge is -2.00. The number of rotatable bonds is 4. The highest BCUT2D eigenvalue weighted by Gasteiger charge is 2.10. The van der Waals surface area contributed by atoms with Gasteiger partial charge in [-0.1, -0.05) is 53.2 Å². The molecule has 1 N–H and O–H groups in total. The van der Waals surface area contributed by atoms with Gasteiger partial charge in [-0.2, -0.15) is 5.10 Å². The summed E-state index contributed by atoms with van der Waals surface area (Å²) in [7, 11) is 0. The van der Waals surface area contributed by atoms with E-state index in [0.717, 1.165) is 10.6 Å². The monoisotopic (exact) mass is 349 g/mol. The lowest BCUT2D eigenvalue weighted by Crippen LogP contribution is -1.89. The molecule has 0 saturated carbocycles. The molecule has 3 aromatic rings. The van der Waals surface area contributed by atoms with Gasteiger partial charge in [0.2, 0.25) is 0 Å². The van der Waals surface area contributed by atoms with Crippen molar-refractivity contribution in [1.29, 1.82) is 0 Å². The number of hydrogen-bond acceptors (Lipinski definition) is 6. The van der Waals surface area contributed by atoms with Crippen LogP contribution in [0.2, 0.25) is 5.15 Å². The molecule has 22 heavy (non-hydrogen) atoms. The summed E-state index contributed by atoms with van der Waals surface area (Å²) < 4.78 is 0. The van der Waals surface area contributed by atoms with E-state index in [1.165, 1.54) is 29.1 Å². The summed E-state index contributed by atoms with van der Waals surface area (Å²) in [6, 6.07) is 9.78. The third-order valence-corrected chi connectivity index (χ3v) is 4.34. The first-order valence-electron chi connectivity index (χ1n) is 6.40. The van der Waals surface area contributed by atoms with Gasteiger partial charge in [0, 0.05) is 11.6 Å². The van der Waals surface area contributed by atoms with Crippen LogP contribution in [-0.4, -0.2) is 31.4 Å². The second kappa shape index (κ2) is 6.68. The van der Waals surface area contributed by atoms with Gasteiger partial charge >= 0.3 is 0 Å². The largest absolute Gasteiger partial charge is 0.253 e. The van der Waals surface area contributed by atoms with E-state index in [0.29, 0.717) is 21.3 Å². The Bertz CT molecular complexity index is 788. The number of hydrogen-bond donors (Lipinski definition) is 1. The highest BCUT2D eigenvalue weighted by atomic mass is 35.5. The number of thioether (sulfide) groups is 1. The van der Waals surface area contributed by atoms with E-state index < -0.39 is 0 Å². The van der Waals surface area contributed by atoms with E-state index in [4.69, 9.17) is 11.6 Å².